The van der Waals surface area contributed by atoms with Crippen molar-refractivity contribution in [3.63, 3.8) is 0 Å². The summed E-state index contributed by atoms with van der Waals surface area (Å²) in [6, 6.07) is 0. The molecule has 0 amide bonds. The Balaban J connectivity index is 1.93. The van der Waals surface area contributed by atoms with Gasteiger partial charge in [-0.1, -0.05) is 0 Å². The fraction of sp³-hybridized carbons (Fsp3) is 0.417. The molecule has 0 bridgehead atoms. The number of aryl methyl sites for hydroxylation is 1. The van der Waals surface area contributed by atoms with Crippen molar-refractivity contribution >= 4 is 11.2 Å². The summed E-state index contributed by atoms with van der Waals surface area (Å²) in [7, 11) is 1.56. The SMILES string of the molecule is COCC1=C(O)C[C@H](n2cnc3c(C)ncnc32)O1. The van der Waals surface area contributed by atoms with E-state index in [2.05, 4.69) is 15.0 Å². The summed E-state index contributed by atoms with van der Waals surface area (Å²) in [4.78, 5) is 12.6. The first-order valence-electron chi connectivity index (χ1n) is 5.91. The van der Waals surface area contributed by atoms with Crippen LogP contribution in [0, 0.1) is 6.92 Å². The minimum atomic E-state index is -0.343. The van der Waals surface area contributed by atoms with E-state index < -0.39 is 0 Å². The van der Waals surface area contributed by atoms with Gasteiger partial charge in [0.2, 0.25) is 0 Å². The minimum absolute atomic E-state index is 0.208. The van der Waals surface area contributed by atoms with E-state index in [1.807, 2.05) is 6.92 Å². The molecule has 0 unspecified atom stereocenters. The standard InChI is InChI=1S/C12H14N4O3/c1-7-11-12(14-5-13-7)16(6-15-11)10-3-8(17)9(19-10)4-18-2/h5-6,10,17H,3-4H2,1-2H3/t10-/m1/s1. The number of hydrogen-bond donors (Lipinski definition) is 1. The fourth-order valence-corrected chi connectivity index (χ4v) is 2.14. The third-order valence-corrected chi connectivity index (χ3v) is 3.10. The molecule has 0 radical (unpaired) electrons. The number of hydrogen-bond acceptors (Lipinski definition) is 6. The van der Waals surface area contributed by atoms with Crippen molar-refractivity contribution in [2.45, 2.75) is 19.6 Å². The number of aliphatic hydroxyl groups is 1. The topological polar surface area (TPSA) is 82.3 Å². The maximum Gasteiger partial charge on any atom is 0.185 e. The predicted octanol–water partition coefficient (Wildman–Crippen LogP) is 1.47. The molecule has 1 atom stereocenters. The molecule has 3 heterocycles. The second-order valence-corrected chi connectivity index (χ2v) is 4.36. The molecule has 100 valence electrons. The summed E-state index contributed by atoms with van der Waals surface area (Å²) in [6.07, 6.45) is 3.19. The lowest BCUT2D eigenvalue weighted by atomic mass is 10.3. The Labute approximate surface area is 109 Å². The Morgan fingerprint density at radius 2 is 2.32 bits per heavy atom. The highest BCUT2D eigenvalue weighted by molar-refractivity contribution is 5.72. The summed E-state index contributed by atoms with van der Waals surface area (Å²) in [5, 5.41) is 9.82. The minimum Gasteiger partial charge on any atom is -0.508 e. The zero-order valence-electron chi connectivity index (χ0n) is 10.7. The number of fused-ring (bicyclic) bond motifs is 1. The van der Waals surface area contributed by atoms with Gasteiger partial charge in [-0.25, -0.2) is 15.0 Å². The lowest BCUT2D eigenvalue weighted by molar-refractivity contribution is 0.0563. The van der Waals surface area contributed by atoms with Crippen LogP contribution in [0.5, 0.6) is 0 Å². The van der Waals surface area contributed by atoms with Gasteiger partial charge >= 0.3 is 0 Å². The predicted molar refractivity (Wildman–Crippen MR) is 66.3 cm³/mol. The molecule has 0 aromatic carbocycles. The van der Waals surface area contributed by atoms with E-state index in [-0.39, 0.29) is 18.6 Å². The fourth-order valence-electron chi connectivity index (χ4n) is 2.14. The molecule has 0 spiro atoms. The zero-order valence-corrected chi connectivity index (χ0v) is 10.7. The quantitative estimate of drug-likeness (QED) is 0.902. The van der Waals surface area contributed by atoms with Crippen molar-refractivity contribution in [2.75, 3.05) is 13.7 Å². The van der Waals surface area contributed by atoms with E-state index in [1.165, 1.54) is 6.33 Å². The number of aliphatic hydroxyl groups excluding tert-OH is 1. The van der Waals surface area contributed by atoms with Crippen LogP contribution in [0.25, 0.3) is 11.2 Å². The first-order chi connectivity index (χ1) is 9.20. The molecule has 19 heavy (non-hydrogen) atoms. The van der Waals surface area contributed by atoms with Crippen molar-refractivity contribution in [1.82, 2.24) is 19.5 Å². The summed E-state index contributed by atoms with van der Waals surface area (Å²) < 4.78 is 12.4. The van der Waals surface area contributed by atoms with Crippen molar-refractivity contribution < 1.29 is 14.6 Å². The van der Waals surface area contributed by atoms with Crippen LogP contribution in [0.3, 0.4) is 0 Å². The summed E-state index contributed by atoms with van der Waals surface area (Å²) in [5.74, 6) is 0.666. The van der Waals surface area contributed by atoms with Crippen molar-refractivity contribution in [2.24, 2.45) is 0 Å². The highest BCUT2D eigenvalue weighted by Gasteiger charge is 2.28. The molecule has 0 saturated heterocycles. The van der Waals surface area contributed by atoms with Crippen molar-refractivity contribution in [3.8, 4) is 0 Å². The number of rotatable bonds is 3. The second-order valence-electron chi connectivity index (χ2n) is 4.36. The van der Waals surface area contributed by atoms with Gasteiger partial charge in [-0.05, 0) is 6.92 Å². The van der Waals surface area contributed by atoms with Crippen LogP contribution in [0.4, 0.5) is 0 Å². The van der Waals surface area contributed by atoms with Crippen LogP contribution < -0.4 is 0 Å². The van der Waals surface area contributed by atoms with E-state index in [0.29, 0.717) is 17.8 Å². The number of imidazole rings is 1. The van der Waals surface area contributed by atoms with E-state index in [1.54, 1.807) is 18.0 Å². The molecule has 1 aliphatic rings. The molecular formula is C12H14N4O3. The van der Waals surface area contributed by atoms with E-state index in [9.17, 15) is 5.11 Å². The first-order valence-corrected chi connectivity index (χ1v) is 5.91. The average Bonchev–Trinajstić information content (AvgIpc) is 2.95. The molecular weight excluding hydrogens is 248 g/mol. The molecule has 0 saturated carbocycles. The Bertz CT molecular complexity index is 649. The highest BCUT2D eigenvalue weighted by atomic mass is 16.5. The van der Waals surface area contributed by atoms with Gasteiger partial charge in [-0.2, -0.15) is 0 Å². The van der Waals surface area contributed by atoms with E-state index in [0.717, 1.165) is 11.2 Å². The molecule has 0 fully saturated rings. The second kappa shape index (κ2) is 4.51. The van der Waals surface area contributed by atoms with Gasteiger partial charge in [0, 0.05) is 7.11 Å². The van der Waals surface area contributed by atoms with Crippen molar-refractivity contribution in [3.05, 3.63) is 29.9 Å². The lowest BCUT2D eigenvalue weighted by Gasteiger charge is -2.13. The molecule has 0 aliphatic carbocycles. The Kier molecular flexibility index (Phi) is 2.83. The van der Waals surface area contributed by atoms with Crippen molar-refractivity contribution in [1.29, 1.82) is 0 Å². The molecule has 1 N–H and O–H groups in total. The highest BCUT2D eigenvalue weighted by Crippen LogP contribution is 2.32. The monoisotopic (exact) mass is 262 g/mol. The zero-order chi connectivity index (χ0) is 13.4. The van der Waals surface area contributed by atoms with Gasteiger partial charge in [0.25, 0.3) is 0 Å². The van der Waals surface area contributed by atoms with Gasteiger partial charge in [-0.15, -0.1) is 0 Å². The Morgan fingerprint density at radius 3 is 3.11 bits per heavy atom. The molecule has 7 nitrogen and oxygen atoms in total. The normalized spacial score (nSPS) is 19.2. The smallest absolute Gasteiger partial charge is 0.185 e. The third-order valence-electron chi connectivity index (χ3n) is 3.10. The van der Waals surface area contributed by atoms with Gasteiger partial charge in [0.1, 0.15) is 30.5 Å². The molecule has 2 aromatic rings. The van der Waals surface area contributed by atoms with Crippen LogP contribution in [-0.2, 0) is 9.47 Å². The first kappa shape index (κ1) is 11.9. The van der Waals surface area contributed by atoms with Gasteiger partial charge < -0.3 is 14.6 Å². The number of ether oxygens (including phenoxy) is 2. The molecule has 3 rings (SSSR count). The van der Waals surface area contributed by atoms with Gasteiger partial charge in [0.05, 0.1) is 12.1 Å². The number of nitrogens with zero attached hydrogens (tertiary/aromatic N) is 4. The lowest BCUT2D eigenvalue weighted by Crippen LogP contribution is -2.09. The average molecular weight is 262 g/mol. The Hall–Kier alpha value is -2.15. The Morgan fingerprint density at radius 1 is 1.47 bits per heavy atom. The van der Waals surface area contributed by atoms with Gasteiger partial charge in [-0.3, -0.25) is 4.57 Å². The maximum atomic E-state index is 9.82. The molecule has 2 aromatic heterocycles. The summed E-state index contributed by atoms with van der Waals surface area (Å²) in [6.45, 7) is 2.13. The van der Waals surface area contributed by atoms with Crippen LogP contribution in [0.1, 0.15) is 18.3 Å². The van der Waals surface area contributed by atoms with Crippen LogP contribution in [0.2, 0.25) is 0 Å². The van der Waals surface area contributed by atoms with Crippen LogP contribution in [0.15, 0.2) is 24.2 Å². The van der Waals surface area contributed by atoms with Crippen LogP contribution >= 0.6 is 0 Å². The molecule has 7 heteroatoms. The van der Waals surface area contributed by atoms with Gasteiger partial charge in [0.15, 0.2) is 17.6 Å². The third kappa shape index (κ3) is 1.91. The van der Waals surface area contributed by atoms with E-state index in [4.69, 9.17) is 9.47 Å². The molecule has 1 aliphatic heterocycles. The summed E-state index contributed by atoms with van der Waals surface area (Å²) in [5.41, 5.74) is 2.26. The van der Waals surface area contributed by atoms with Crippen LogP contribution in [-0.4, -0.2) is 38.3 Å². The summed E-state index contributed by atoms with van der Waals surface area (Å²) >= 11 is 0. The largest absolute Gasteiger partial charge is 0.508 e. The number of methoxy groups -OCH3 is 1. The number of aromatic nitrogens is 4. The maximum absolute atomic E-state index is 9.82. The van der Waals surface area contributed by atoms with E-state index >= 15 is 0 Å².